The van der Waals surface area contributed by atoms with E-state index in [0.29, 0.717) is 23.7 Å². The van der Waals surface area contributed by atoms with Crippen LogP contribution < -0.4 is 16.3 Å². The number of hydrogen-bond acceptors (Lipinski definition) is 4. The Balaban J connectivity index is 1.51. The van der Waals surface area contributed by atoms with E-state index in [-0.39, 0.29) is 11.5 Å². The van der Waals surface area contributed by atoms with Gasteiger partial charge in [0.05, 0.1) is 0 Å². The van der Waals surface area contributed by atoms with Crippen LogP contribution >= 0.6 is 12.2 Å². The average Bonchev–Trinajstić information content (AvgIpc) is 2.96. The fourth-order valence-electron chi connectivity index (χ4n) is 2.99. The molecule has 0 aliphatic carbocycles. The maximum absolute atomic E-state index is 11.5. The number of likely N-dealkylation sites (tertiary alicyclic amines) is 1. The van der Waals surface area contributed by atoms with Gasteiger partial charge in [-0.1, -0.05) is 0 Å². The molecule has 0 bridgehead atoms. The number of carbonyl (C=O) groups excluding carboxylic acids is 1. The Bertz CT molecular complexity index is 862. The van der Waals surface area contributed by atoms with Crippen molar-refractivity contribution in [2.75, 3.05) is 25.0 Å². The first kappa shape index (κ1) is 17.4. The molecule has 0 atom stereocenters. The van der Waals surface area contributed by atoms with Crippen LogP contribution in [0.15, 0.2) is 33.5 Å². The molecule has 25 heavy (non-hydrogen) atoms. The summed E-state index contributed by atoms with van der Waals surface area (Å²) in [4.78, 5) is 24.9. The minimum Gasteiger partial charge on any atom is -0.423 e. The predicted molar refractivity (Wildman–Crippen MR) is 102 cm³/mol. The number of nitrogens with zero attached hydrogens (tertiary/aromatic N) is 1. The van der Waals surface area contributed by atoms with Crippen LogP contribution in [-0.4, -0.2) is 35.6 Å². The van der Waals surface area contributed by atoms with Crippen LogP contribution in [-0.2, 0) is 4.79 Å². The molecule has 3 rings (SSSR count). The van der Waals surface area contributed by atoms with Crippen molar-refractivity contribution in [1.82, 2.24) is 10.2 Å². The summed E-state index contributed by atoms with van der Waals surface area (Å²) in [5.41, 5.74) is 1.81. The van der Waals surface area contributed by atoms with E-state index in [0.717, 1.165) is 42.6 Å². The van der Waals surface area contributed by atoms with Gasteiger partial charge in [0.2, 0.25) is 5.91 Å². The Hall–Kier alpha value is -2.41. The molecular weight excluding hydrogens is 338 g/mol. The first-order valence-electron chi connectivity index (χ1n) is 8.40. The topological polar surface area (TPSA) is 74.6 Å². The summed E-state index contributed by atoms with van der Waals surface area (Å²) in [6.07, 6.45) is 2.48. The summed E-state index contributed by atoms with van der Waals surface area (Å²) in [6, 6.07) is 7.04. The second-order valence-corrected chi connectivity index (χ2v) is 6.59. The van der Waals surface area contributed by atoms with Crippen LogP contribution in [0.3, 0.4) is 0 Å². The Labute approximate surface area is 151 Å². The Morgan fingerprint density at radius 1 is 1.32 bits per heavy atom. The maximum Gasteiger partial charge on any atom is 0.336 e. The van der Waals surface area contributed by atoms with Gasteiger partial charge < -0.3 is 20.0 Å². The van der Waals surface area contributed by atoms with E-state index in [1.165, 1.54) is 6.07 Å². The first-order valence-corrected chi connectivity index (χ1v) is 8.81. The lowest BCUT2D eigenvalue weighted by molar-refractivity contribution is -0.127. The number of benzene rings is 1. The smallest absolute Gasteiger partial charge is 0.336 e. The zero-order valence-corrected chi connectivity index (χ0v) is 14.9. The molecule has 2 N–H and O–H groups in total. The van der Waals surface area contributed by atoms with Crippen LogP contribution in [0, 0.1) is 6.92 Å². The van der Waals surface area contributed by atoms with Crippen molar-refractivity contribution in [3.05, 3.63) is 40.2 Å². The molecule has 1 fully saturated rings. The molecule has 2 aromatic rings. The number of anilines is 1. The molecule has 6 nitrogen and oxygen atoms in total. The number of rotatable bonds is 5. The molecule has 7 heteroatoms. The third-order valence-corrected chi connectivity index (χ3v) is 4.52. The summed E-state index contributed by atoms with van der Waals surface area (Å²) < 4.78 is 5.23. The number of carbonyl (C=O) groups is 1. The van der Waals surface area contributed by atoms with Crippen LogP contribution in [0.25, 0.3) is 11.0 Å². The van der Waals surface area contributed by atoms with Crippen molar-refractivity contribution >= 4 is 39.9 Å². The largest absolute Gasteiger partial charge is 0.423 e. The van der Waals surface area contributed by atoms with Crippen molar-refractivity contribution in [2.24, 2.45) is 0 Å². The summed E-state index contributed by atoms with van der Waals surface area (Å²) in [7, 11) is 0. The second kappa shape index (κ2) is 7.65. The van der Waals surface area contributed by atoms with E-state index in [1.54, 1.807) is 6.07 Å². The average molecular weight is 359 g/mol. The zero-order chi connectivity index (χ0) is 17.8. The van der Waals surface area contributed by atoms with E-state index in [2.05, 4.69) is 10.6 Å². The molecule has 1 aliphatic heterocycles. The number of hydrogen-bond donors (Lipinski definition) is 2. The molecule has 132 valence electrons. The molecule has 0 radical (unpaired) electrons. The highest BCUT2D eigenvalue weighted by atomic mass is 32.1. The van der Waals surface area contributed by atoms with Crippen LogP contribution in [0.2, 0.25) is 0 Å². The van der Waals surface area contributed by atoms with Gasteiger partial charge in [0, 0.05) is 49.3 Å². The molecule has 0 saturated carbocycles. The van der Waals surface area contributed by atoms with Crippen LogP contribution in [0.4, 0.5) is 5.69 Å². The molecule has 2 heterocycles. The third-order valence-electron chi connectivity index (χ3n) is 4.27. The molecule has 1 aromatic carbocycles. The van der Waals surface area contributed by atoms with E-state index in [1.807, 2.05) is 24.0 Å². The van der Waals surface area contributed by atoms with Crippen molar-refractivity contribution in [2.45, 2.75) is 26.2 Å². The minimum absolute atomic E-state index is 0.244. The van der Waals surface area contributed by atoms with Crippen molar-refractivity contribution in [1.29, 1.82) is 0 Å². The van der Waals surface area contributed by atoms with Crippen molar-refractivity contribution in [3.8, 4) is 0 Å². The molecule has 1 aromatic heterocycles. The fourth-order valence-corrected chi connectivity index (χ4v) is 3.21. The SMILES string of the molecule is Cc1cc(=O)oc2cc(NC(=S)NCCCN3CCCC3=O)ccc12. The molecule has 0 spiro atoms. The number of thiocarbonyl (C=S) groups is 1. The first-order chi connectivity index (χ1) is 12.0. The monoisotopic (exact) mass is 359 g/mol. The number of fused-ring (bicyclic) bond motifs is 1. The van der Waals surface area contributed by atoms with E-state index < -0.39 is 0 Å². The maximum atomic E-state index is 11.5. The Kier molecular flexibility index (Phi) is 5.33. The minimum atomic E-state index is -0.362. The van der Waals surface area contributed by atoms with Gasteiger partial charge in [-0.3, -0.25) is 4.79 Å². The van der Waals surface area contributed by atoms with Gasteiger partial charge in [0.15, 0.2) is 5.11 Å². The lowest BCUT2D eigenvalue weighted by Crippen LogP contribution is -2.32. The number of amides is 1. The normalized spacial score (nSPS) is 14.1. The Morgan fingerprint density at radius 3 is 2.92 bits per heavy atom. The molecule has 1 aliphatic rings. The Morgan fingerprint density at radius 2 is 2.16 bits per heavy atom. The van der Waals surface area contributed by atoms with E-state index in [9.17, 15) is 9.59 Å². The van der Waals surface area contributed by atoms with Gasteiger partial charge >= 0.3 is 5.63 Å². The van der Waals surface area contributed by atoms with Gasteiger partial charge in [0.25, 0.3) is 0 Å². The standard InChI is InChI=1S/C18H21N3O3S/c1-12-10-17(23)24-15-11-13(5-6-14(12)15)20-18(25)19-7-3-9-21-8-2-4-16(21)22/h5-6,10-11H,2-4,7-9H2,1H3,(H2,19,20,25). The van der Waals surface area contributed by atoms with E-state index >= 15 is 0 Å². The molecule has 1 saturated heterocycles. The number of aryl methyl sites for hydroxylation is 1. The summed E-state index contributed by atoms with van der Waals surface area (Å²) in [5.74, 6) is 0.244. The van der Waals surface area contributed by atoms with Gasteiger partial charge in [-0.05, 0) is 49.7 Å². The quantitative estimate of drug-likeness (QED) is 0.485. The van der Waals surface area contributed by atoms with E-state index in [4.69, 9.17) is 16.6 Å². The fraction of sp³-hybridized carbons (Fsp3) is 0.389. The van der Waals surface area contributed by atoms with Gasteiger partial charge in [-0.25, -0.2) is 4.79 Å². The third kappa shape index (κ3) is 4.36. The van der Waals surface area contributed by atoms with Crippen molar-refractivity contribution in [3.63, 3.8) is 0 Å². The van der Waals surface area contributed by atoms with Crippen LogP contribution in [0.1, 0.15) is 24.8 Å². The second-order valence-electron chi connectivity index (χ2n) is 6.18. The van der Waals surface area contributed by atoms with Crippen LogP contribution in [0.5, 0.6) is 0 Å². The highest BCUT2D eigenvalue weighted by Crippen LogP contribution is 2.20. The lowest BCUT2D eigenvalue weighted by Gasteiger charge is -2.16. The summed E-state index contributed by atoms with van der Waals surface area (Å²) in [6.45, 7) is 4.19. The summed E-state index contributed by atoms with van der Waals surface area (Å²) >= 11 is 5.29. The molecule has 1 amide bonds. The highest BCUT2D eigenvalue weighted by Gasteiger charge is 2.18. The van der Waals surface area contributed by atoms with Gasteiger partial charge in [-0.15, -0.1) is 0 Å². The summed E-state index contributed by atoms with van der Waals surface area (Å²) in [5, 5.41) is 7.62. The predicted octanol–water partition coefficient (Wildman–Crippen LogP) is 2.40. The van der Waals surface area contributed by atoms with Crippen molar-refractivity contribution < 1.29 is 9.21 Å². The zero-order valence-electron chi connectivity index (χ0n) is 14.1. The van der Waals surface area contributed by atoms with Gasteiger partial charge in [0.1, 0.15) is 5.58 Å². The molecule has 0 unspecified atom stereocenters. The molecular formula is C18H21N3O3S. The van der Waals surface area contributed by atoms with Gasteiger partial charge in [-0.2, -0.15) is 0 Å². The highest BCUT2D eigenvalue weighted by molar-refractivity contribution is 7.80. The lowest BCUT2D eigenvalue weighted by atomic mass is 10.1. The number of nitrogens with one attached hydrogen (secondary N) is 2.